The molecule has 0 aliphatic rings. The van der Waals surface area contributed by atoms with Crippen molar-refractivity contribution >= 4 is 11.3 Å². The summed E-state index contributed by atoms with van der Waals surface area (Å²) in [5.74, 6) is 0.234. The van der Waals surface area contributed by atoms with Gasteiger partial charge in [0.2, 0.25) is 5.78 Å². The van der Waals surface area contributed by atoms with Crippen LogP contribution in [0.5, 0.6) is 5.75 Å². The van der Waals surface area contributed by atoms with Crippen LogP contribution in [0.4, 0.5) is 4.39 Å². The van der Waals surface area contributed by atoms with E-state index >= 15 is 0 Å². The molecule has 0 spiro atoms. The van der Waals surface area contributed by atoms with Crippen molar-refractivity contribution in [2.45, 2.75) is 0 Å². The number of fused-ring (bicyclic) bond motifs is 1. The molecule has 0 atom stereocenters. The van der Waals surface area contributed by atoms with Crippen LogP contribution in [0.1, 0.15) is 16.1 Å². The van der Waals surface area contributed by atoms with Gasteiger partial charge in [0.05, 0.1) is 12.8 Å². The minimum Gasteiger partial charge on any atom is -0.497 e. The van der Waals surface area contributed by atoms with Crippen LogP contribution >= 0.6 is 0 Å². The number of aromatic nitrogens is 1. The lowest BCUT2D eigenvalue weighted by Gasteiger charge is -2.04. The first-order valence-corrected chi connectivity index (χ1v) is 6.14. The monoisotopic (exact) mass is 269 g/mol. The van der Waals surface area contributed by atoms with Crippen LogP contribution in [0.15, 0.2) is 54.7 Å². The number of benzene rings is 1. The molecule has 0 saturated heterocycles. The lowest BCUT2D eigenvalue weighted by atomic mass is 10.1. The Labute approximate surface area is 115 Å². The third kappa shape index (κ3) is 2.05. The summed E-state index contributed by atoms with van der Waals surface area (Å²) in [6, 6.07) is 12.8. The van der Waals surface area contributed by atoms with E-state index in [1.807, 2.05) is 12.1 Å². The number of rotatable bonds is 3. The lowest BCUT2D eigenvalue weighted by Crippen LogP contribution is -2.05. The second kappa shape index (κ2) is 4.81. The molecule has 0 N–H and O–H groups in total. The van der Waals surface area contributed by atoms with Crippen LogP contribution in [0.25, 0.3) is 5.52 Å². The maximum absolute atomic E-state index is 12.9. The van der Waals surface area contributed by atoms with Crippen LogP contribution in [-0.4, -0.2) is 17.3 Å². The van der Waals surface area contributed by atoms with E-state index in [0.29, 0.717) is 11.3 Å². The fraction of sp³-hybridized carbons (Fsp3) is 0.0625. The first-order valence-electron chi connectivity index (χ1n) is 6.14. The molecule has 1 aromatic carbocycles. The molecule has 0 aliphatic carbocycles. The van der Waals surface area contributed by atoms with Crippen LogP contribution in [0.3, 0.4) is 0 Å². The van der Waals surface area contributed by atoms with Crippen molar-refractivity contribution in [1.29, 1.82) is 0 Å². The van der Waals surface area contributed by atoms with Crippen molar-refractivity contribution in [3.63, 3.8) is 0 Å². The van der Waals surface area contributed by atoms with E-state index in [1.54, 1.807) is 29.8 Å². The predicted octanol–water partition coefficient (Wildman–Crippen LogP) is 3.32. The largest absolute Gasteiger partial charge is 0.497 e. The smallest absolute Gasteiger partial charge is 0.209 e. The van der Waals surface area contributed by atoms with Gasteiger partial charge in [0.25, 0.3) is 0 Å². The van der Waals surface area contributed by atoms with Crippen LogP contribution in [0.2, 0.25) is 0 Å². The van der Waals surface area contributed by atoms with E-state index in [-0.39, 0.29) is 11.6 Å². The SMILES string of the molecule is COc1ccn2c(C(=O)c3ccc(F)cc3)ccc2c1. The Kier molecular flexibility index (Phi) is 2.99. The number of hydrogen-bond acceptors (Lipinski definition) is 2. The summed E-state index contributed by atoms with van der Waals surface area (Å²) in [5, 5.41) is 0. The van der Waals surface area contributed by atoms with Crippen LogP contribution < -0.4 is 4.74 Å². The number of carbonyl (C=O) groups is 1. The Morgan fingerprint density at radius 3 is 2.55 bits per heavy atom. The average Bonchev–Trinajstić information content (AvgIpc) is 2.90. The Hall–Kier alpha value is -2.62. The first kappa shape index (κ1) is 12.4. The summed E-state index contributed by atoms with van der Waals surface area (Å²) in [4.78, 5) is 12.4. The quantitative estimate of drug-likeness (QED) is 0.683. The molecule has 0 unspecified atom stereocenters. The highest BCUT2D eigenvalue weighted by Gasteiger charge is 2.13. The number of carbonyl (C=O) groups excluding carboxylic acids is 1. The fourth-order valence-electron chi connectivity index (χ4n) is 2.15. The number of ketones is 1. The summed E-state index contributed by atoms with van der Waals surface area (Å²) >= 11 is 0. The Bertz CT molecular complexity index is 775. The van der Waals surface area contributed by atoms with Crippen molar-refractivity contribution < 1.29 is 13.9 Å². The van der Waals surface area contributed by atoms with Crippen molar-refractivity contribution in [1.82, 2.24) is 4.40 Å². The summed E-state index contributed by atoms with van der Waals surface area (Å²) in [5.41, 5.74) is 1.87. The third-order valence-corrected chi connectivity index (χ3v) is 3.20. The zero-order valence-electron chi connectivity index (χ0n) is 10.8. The summed E-state index contributed by atoms with van der Waals surface area (Å²) in [6.45, 7) is 0. The van der Waals surface area contributed by atoms with Crippen LogP contribution in [-0.2, 0) is 0 Å². The molecule has 2 aromatic heterocycles. The number of ether oxygens (including phenoxy) is 1. The van der Waals surface area contributed by atoms with E-state index in [9.17, 15) is 9.18 Å². The molecule has 4 heteroatoms. The zero-order chi connectivity index (χ0) is 14.1. The highest BCUT2D eigenvalue weighted by molar-refractivity contribution is 6.08. The van der Waals surface area contributed by atoms with Crippen molar-refractivity contribution in [3.05, 3.63) is 71.8 Å². The Morgan fingerprint density at radius 1 is 1.10 bits per heavy atom. The van der Waals surface area contributed by atoms with Crippen molar-refractivity contribution in [2.75, 3.05) is 7.11 Å². The number of methoxy groups -OCH3 is 1. The minimum atomic E-state index is -0.355. The molecular formula is C16H12FNO2. The molecule has 100 valence electrons. The first-order chi connectivity index (χ1) is 9.69. The van der Waals surface area contributed by atoms with E-state index in [4.69, 9.17) is 4.74 Å². The molecule has 0 radical (unpaired) electrons. The Balaban J connectivity index is 2.05. The zero-order valence-corrected chi connectivity index (χ0v) is 10.8. The van der Waals surface area contributed by atoms with Gasteiger partial charge < -0.3 is 9.14 Å². The molecular weight excluding hydrogens is 257 g/mol. The maximum atomic E-state index is 12.9. The molecule has 0 fully saturated rings. The predicted molar refractivity (Wildman–Crippen MR) is 73.8 cm³/mol. The average molecular weight is 269 g/mol. The molecule has 0 aliphatic heterocycles. The molecule has 2 heterocycles. The fourth-order valence-corrected chi connectivity index (χ4v) is 2.15. The molecule has 3 nitrogen and oxygen atoms in total. The van der Waals surface area contributed by atoms with Gasteiger partial charge in [0.15, 0.2) is 0 Å². The van der Waals surface area contributed by atoms with E-state index in [2.05, 4.69) is 0 Å². The molecule has 3 aromatic rings. The summed E-state index contributed by atoms with van der Waals surface area (Å²) in [6.07, 6.45) is 1.78. The third-order valence-electron chi connectivity index (χ3n) is 3.20. The van der Waals surface area contributed by atoms with Crippen LogP contribution in [0, 0.1) is 5.82 Å². The molecule has 20 heavy (non-hydrogen) atoms. The number of nitrogens with zero attached hydrogens (tertiary/aromatic N) is 1. The molecule has 0 amide bonds. The standard InChI is InChI=1S/C16H12FNO2/c1-20-14-8-9-18-13(10-14)6-7-15(18)16(19)11-2-4-12(17)5-3-11/h2-10H,1H3. The summed E-state index contributed by atoms with van der Waals surface area (Å²) < 4.78 is 19.8. The number of hydrogen-bond donors (Lipinski definition) is 0. The highest BCUT2D eigenvalue weighted by Crippen LogP contribution is 2.19. The second-order valence-corrected chi connectivity index (χ2v) is 4.42. The number of pyridine rings is 1. The van der Waals surface area contributed by atoms with E-state index in [1.165, 1.54) is 24.3 Å². The maximum Gasteiger partial charge on any atom is 0.209 e. The molecule has 3 rings (SSSR count). The topological polar surface area (TPSA) is 30.7 Å². The minimum absolute atomic E-state index is 0.143. The van der Waals surface area contributed by atoms with Gasteiger partial charge in [-0.2, -0.15) is 0 Å². The normalized spacial score (nSPS) is 10.7. The van der Waals surface area contributed by atoms with Gasteiger partial charge >= 0.3 is 0 Å². The van der Waals surface area contributed by atoms with E-state index < -0.39 is 0 Å². The van der Waals surface area contributed by atoms with Gasteiger partial charge in [-0.3, -0.25) is 4.79 Å². The van der Waals surface area contributed by atoms with Gasteiger partial charge in [-0.15, -0.1) is 0 Å². The van der Waals surface area contributed by atoms with Gasteiger partial charge in [0.1, 0.15) is 11.6 Å². The second-order valence-electron chi connectivity index (χ2n) is 4.42. The van der Waals surface area contributed by atoms with Crippen molar-refractivity contribution in [3.8, 4) is 5.75 Å². The lowest BCUT2D eigenvalue weighted by molar-refractivity contribution is 0.103. The highest BCUT2D eigenvalue weighted by atomic mass is 19.1. The van der Waals surface area contributed by atoms with Gasteiger partial charge in [-0.25, -0.2) is 4.39 Å². The molecule has 0 bridgehead atoms. The Morgan fingerprint density at radius 2 is 1.85 bits per heavy atom. The molecule has 0 saturated carbocycles. The van der Waals surface area contributed by atoms with E-state index in [0.717, 1.165) is 11.3 Å². The van der Waals surface area contributed by atoms with Crippen molar-refractivity contribution in [2.24, 2.45) is 0 Å². The van der Waals surface area contributed by atoms with Gasteiger partial charge in [-0.05, 0) is 42.5 Å². The summed E-state index contributed by atoms with van der Waals surface area (Å²) in [7, 11) is 1.60. The van der Waals surface area contributed by atoms with Gasteiger partial charge in [-0.1, -0.05) is 0 Å². The van der Waals surface area contributed by atoms with Gasteiger partial charge in [0, 0.05) is 23.3 Å². The number of halogens is 1.